The molecule has 13 heavy (non-hydrogen) atoms. The van der Waals surface area contributed by atoms with Gasteiger partial charge in [-0.25, -0.2) is 0 Å². The van der Waals surface area contributed by atoms with E-state index in [9.17, 15) is 0 Å². The summed E-state index contributed by atoms with van der Waals surface area (Å²) >= 11 is 0. The predicted molar refractivity (Wildman–Crippen MR) is 53.8 cm³/mol. The molecule has 2 saturated heterocycles. The summed E-state index contributed by atoms with van der Waals surface area (Å²) < 4.78 is 6.05. The van der Waals surface area contributed by atoms with Crippen LogP contribution in [0, 0.1) is 5.92 Å². The average Bonchev–Trinajstić information content (AvgIpc) is 2.02. The lowest BCUT2D eigenvalue weighted by Gasteiger charge is -2.53. The Morgan fingerprint density at radius 3 is 2.31 bits per heavy atom. The minimum absolute atomic E-state index is 0.293. The molecule has 0 aromatic heterocycles. The van der Waals surface area contributed by atoms with Crippen molar-refractivity contribution in [3.8, 4) is 0 Å². The van der Waals surface area contributed by atoms with Crippen LogP contribution < -0.4 is 0 Å². The Morgan fingerprint density at radius 2 is 1.85 bits per heavy atom. The molecule has 0 amide bonds. The highest BCUT2D eigenvalue weighted by molar-refractivity contribution is 4.97. The van der Waals surface area contributed by atoms with Crippen LogP contribution in [0.5, 0.6) is 0 Å². The molecule has 2 heterocycles. The van der Waals surface area contributed by atoms with Crippen LogP contribution in [0.4, 0.5) is 0 Å². The molecule has 1 atom stereocenters. The summed E-state index contributed by atoms with van der Waals surface area (Å²) in [6, 6.07) is 0. The smallest absolute Gasteiger partial charge is 0.0735 e. The molecule has 0 radical (unpaired) electrons. The van der Waals surface area contributed by atoms with E-state index in [4.69, 9.17) is 4.74 Å². The van der Waals surface area contributed by atoms with Gasteiger partial charge in [-0.05, 0) is 25.8 Å². The van der Waals surface area contributed by atoms with Crippen molar-refractivity contribution in [2.45, 2.75) is 44.8 Å². The SMILES string of the molecule is CC(C)C1CC2(CCN(C)CC2)O1. The average molecular weight is 183 g/mol. The molecule has 0 aromatic rings. The van der Waals surface area contributed by atoms with Crippen molar-refractivity contribution in [3.05, 3.63) is 0 Å². The maximum atomic E-state index is 6.05. The topological polar surface area (TPSA) is 12.5 Å². The summed E-state index contributed by atoms with van der Waals surface area (Å²) in [6.45, 7) is 6.94. The fourth-order valence-corrected chi connectivity index (χ4v) is 2.40. The zero-order valence-electron chi connectivity index (χ0n) is 9.05. The molecule has 0 aromatic carbocycles. The monoisotopic (exact) mass is 183 g/mol. The number of likely N-dealkylation sites (tertiary alicyclic amines) is 1. The number of ether oxygens (including phenoxy) is 1. The van der Waals surface area contributed by atoms with Gasteiger partial charge in [0.1, 0.15) is 0 Å². The maximum absolute atomic E-state index is 6.05. The first-order valence-electron chi connectivity index (χ1n) is 5.48. The van der Waals surface area contributed by atoms with Crippen molar-refractivity contribution in [3.63, 3.8) is 0 Å². The molecule has 2 rings (SSSR count). The van der Waals surface area contributed by atoms with Crippen LogP contribution in [0.3, 0.4) is 0 Å². The van der Waals surface area contributed by atoms with E-state index in [1.54, 1.807) is 0 Å². The number of nitrogens with zero attached hydrogens (tertiary/aromatic N) is 1. The van der Waals surface area contributed by atoms with Crippen LogP contribution in [-0.4, -0.2) is 36.7 Å². The van der Waals surface area contributed by atoms with Crippen molar-refractivity contribution in [1.82, 2.24) is 4.90 Å². The number of hydrogen-bond acceptors (Lipinski definition) is 2. The highest BCUT2D eigenvalue weighted by Gasteiger charge is 2.47. The minimum Gasteiger partial charge on any atom is -0.371 e. The van der Waals surface area contributed by atoms with Gasteiger partial charge in [-0.15, -0.1) is 0 Å². The van der Waals surface area contributed by atoms with Crippen LogP contribution in [0.15, 0.2) is 0 Å². The molecule has 1 spiro atoms. The summed E-state index contributed by atoms with van der Waals surface area (Å²) in [7, 11) is 2.20. The van der Waals surface area contributed by atoms with E-state index in [1.165, 1.54) is 32.4 Å². The zero-order valence-corrected chi connectivity index (χ0v) is 9.05. The zero-order chi connectivity index (χ0) is 9.47. The third kappa shape index (κ3) is 1.75. The first-order chi connectivity index (χ1) is 6.11. The van der Waals surface area contributed by atoms with Crippen molar-refractivity contribution in [1.29, 1.82) is 0 Å². The van der Waals surface area contributed by atoms with Crippen molar-refractivity contribution >= 4 is 0 Å². The van der Waals surface area contributed by atoms with Crippen molar-refractivity contribution < 1.29 is 4.74 Å². The summed E-state index contributed by atoms with van der Waals surface area (Å²) in [6.07, 6.45) is 4.33. The summed E-state index contributed by atoms with van der Waals surface area (Å²) in [5.41, 5.74) is 0.293. The highest BCUT2D eigenvalue weighted by atomic mass is 16.5. The normalized spacial score (nSPS) is 33.7. The maximum Gasteiger partial charge on any atom is 0.0735 e. The minimum atomic E-state index is 0.293. The molecule has 2 nitrogen and oxygen atoms in total. The Balaban J connectivity index is 1.83. The van der Waals surface area contributed by atoms with E-state index in [0.717, 1.165) is 0 Å². The first kappa shape index (κ1) is 9.47. The van der Waals surface area contributed by atoms with E-state index < -0.39 is 0 Å². The molecule has 0 saturated carbocycles. The van der Waals surface area contributed by atoms with Crippen LogP contribution in [0.2, 0.25) is 0 Å². The Labute approximate surface area is 81.3 Å². The first-order valence-corrected chi connectivity index (χ1v) is 5.48. The van der Waals surface area contributed by atoms with E-state index >= 15 is 0 Å². The second-order valence-corrected chi connectivity index (χ2v) is 5.09. The van der Waals surface area contributed by atoms with Crippen LogP contribution in [0.25, 0.3) is 0 Å². The predicted octanol–water partition coefficient (Wildman–Crippen LogP) is 1.90. The largest absolute Gasteiger partial charge is 0.371 e. The molecule has 76 valence electrons. The van der Waals surface area contributed by atoms with Crippen LogP contribution >= 0.6 is 0 Å². The highest BCUT2D eigenvalue weighted by Crippen LogP contribution is 2.43. The molecular formula is C11H21NO. The van der Waals surface area contributed by atoms with Gasteiger partial charge < -0.3 is 9.64 Å². The molecule has 2 fully saturated rings. The molecule has 1 unspecified atom stereocenters. The lowest BCUT2D eigenvalue weighted by atomic mass is 9.78. The van der Waals surface area contributed by atoms with Gasteiger partial charge in [-0.1, -0.05) is 13.8 Å². The molecule has 2 heteroatoms. The fraction of sp³-hybridized carbons (Fsp3) is 1.00. The van der Waals surface area contributed by atoms with Crippen molar-refractivity contribution in [2.24, 2.45) is 5.92 Å². The lowest BCUT2D eigenvalue weighted by Crippen LogP contribution is -2.57. The molecular weight excluding hydrogens is 162 g/mol. The van der Waals surface area contributed by atoms with Gasteiger partial charge in [0, 0.05) is 19.5 Å². The molecule has 2 aliphatic rings. The van der Waals surface area contributed by atoms with Gasteiger partial charge in [-0.3, -0.25) is 0 Å². The van der Waals surface area contributed by atoms with Crippen LogP contribution in [-0.2, 0) is 4.74 Å². The second-order valence-electron chi connectivity index (χ2n) is 5.09. The summed E-state index contributed by atoms with van der Waals surface area (Å²) in [5.74, 6) is 0.699. The third-order valence-corrected chi connectivity index (χ3v) is 3.62. The Kier molecular flexibility index (Phi) is 2.37. The van der Waals surface area contributed by atoms with E-state index in [2.05, 4.69) is 25.8 Å². The molecule has 0 bridgehead atoms. The van der Waals surface area contributed by atoms with Crippen molar-refractivity contribution in [2.75, 3.05) is 20.1 Å². The second kappa shape index (κ2) is 3.25. The molecule has 0 aliphatic carbocycles. The van der Waals surface area contributed by atoms with E-state index in [-0.39, 0.29) is 0 Å². The molecule has 2 aliphatic heterocycles. The Morgan fingerprint density at radius 1 is 1.31 bits per heavy atom. The van der Waals surface area contributed by atoms with Crippen LogP contribution in [0.1, 0.15) is 33.1 Å². The summed E-state index contributed by atoms with van der Waals surface area (Å²) in [5, 5.41) is 0. The molecule has 0 N–H and O–H groups in total. The quantitative estimate of drug-likeness (QED) is 0.615. The van der Waals surface area contributed by atoms with Gasteiger partial charge in [-0.2, -0.15) is 0 Å². The van der Waals surface area contributed by atoms with E-state index in [1.807, 2.05) is 0 Å². The van der Waals surface area contributed by atoms with Gasteiger partial charge in [0.2, 0.25) is 0 Å². The fourth-order valence-electron chi connectivity index (χ4n) is 2.40. The van der Waals surface area contributed by atoms with Gasteiger partial charge in [0.15, 0.2) is 0 Å². The van der Waals surface area contributed by atoms with Gasteiger partial charge in [0.05, 0.1) is 11.7 Å². The Hall–Kier alpha value is -0.0800. The van der Waals surface area contributed by atoms with E-state index in [0.29, 0.717) is 17.6 Å². The lowest BCUT2D eigenvalue weighted by molar-refractivity contribution is -0.237. The van der Waals surface area contributed by atoms with Gasteiger partial charge in [0.25, 0.3) is 0 Å². The Bertz CT molecular complexity index is 175. The van der Waals surface area contributed by atoms with Gasteiger partial charge >= 0.3 is 0 Å². The number of hydrogen-bond donors (Lipinski definition) is 0. The standard InChI is InChI=1S/C11H21NO/c1-9(2)10-8-11(13-10)4-6-12(3)7-5-11/h9-10H,4-8H2,1-3H3. The third-order valence-electron chi connectivity index (χ3n) is 3.62. The summed E-state index contributed by atoms with van der Waals surface area (Å²) in [4.78, 5) is 2.40. The number of piperidine rings is 1. The number of rotatable bonds is 1.